The van der Waals surface area contributed by atoms with Crippen molar-refractivity contribution < 1.29 is 36.2 Å². The van der Waals surface area contributed by atoms with Crippen molar-refractivity contribution in [3.63, 3.8) is 0 Å². The van der Waals surface area contributed by atoms with E-state index < -0.39 is 12.9 Å². The van der Waals surface area contributed by atoms with E-state index >= 15 is 0 Å². The van der Waals surface area contributed by atoms with E-state index in [9.17, 15) is 26.9 Å². The molecule has 3 heterocycles. The van der Waals surface area contributed by atoms with Crippen LogP contribution in [0.15, 0.2) is 67.3 Å². The second-order valence-corrected chi connectivity index (χ2v) is 11.8. The van der Waals surface area contributed by atoms with E-state index in [0.29, 0.717) is 24.6 Å². The number of hydrogen-bond donors (Lipinski definition) is 0. The van der Waals surface area contributed by atoms with E-state index in [-0.39, 0.29) is 18.5 Å². The fourth-order valence-electron chi connectivity index (χ4n) is 6.98. The third-order valence-electron chi connectivity index (χ3n) is 8.73. The molecule has 1 amide bonds. The maximum atomic E-state index is 13.8. The van der Waals surface area contributed by atoms with Gasteiger partial charge in [0.15, 0.2) is 0 Å². The van der Waals surface area contributed by atoms with Crippen LogP contribution in [-0.2, 0) is 28.8 Å². The maximum absolute atomic E-state index is 13.8. The highest BCUT2D eigenvalue weighted by Crippen LogP contribution is 2.56. The smallest absolute Gasteiger partial charge is 0.458 e. The van der Waals surface area contributed by atoms with Gasteiger partial charge in [0.1, 0.15) is 31.2 Å². The van der Waals surface area contributed by atoms with Crippen molar-refractivity contribution >= 4 is 30.5 Å². The van der Waals surface area contributed by atoms with E-state index in [1.54, 1.807) is 0 Å². The first-order valence-corrected chi connectivity index (χ1v) is 15.5. The summed E-state index contributed by atoms with van der Waals surface area (Å²) in [6.45, 7) is 0.879. The average Bonchev–Trinajstić information content (AvgIpc) is 3.52. The number of aromatic nitrogens is 2. The molecule has 12 heteroatoms. The molecule has 1 unspecified atom stereocenters. The lowest BCUT2D eigenvalue weighted by atomic mass is 9.84. The van der Waals surface area contributed by atoms with Crippen LogP contribution in [0.3, 0.4) is 0 Å². The number of piperidine rings is 1. The van der Waals surface area contributed by atoms with Crippen LogP contribution in [0.2, 0.25) is 0 Å². The van der Waals surface area contributed by atoms with Crippen LogP contribution in [0.4, 0.5) is 28.6 Å². The number of imidazole rings is 1. The molecule has 1 aromatic heterocycles. The van der Waals surface area contributed by atoms with Crippen molar-refractivity contribution in [2.45, 2.75) is 82.5 Å². The molecule has 0 radical (unpaired) electrons. The van der Waals surface area contributed by atoms with Gasteiger partial charge in [-0.25, -0.2) is 13.9 Å². The lowest BCUT2D eigenvalue weighted by Gasteiger charge is -2.51. The summed E-state index contributed by atoms with van der Waals surface area (Å²) in [6.07, 6.45) is 16.6. The van der Waals surface area contributed by atoms with Crippen LogP contribution in [0.25, 0.3) is 0 Å². The lowest BCUT2D eigenvalue weighted by molar-refractivity contribution is -0.671. The fraction of sp³-hybridized carbons (Fsp3) is 0.469. The van der Waals surface area contributed by atoms with Gasteiger partial charge in [-0.1, -0.05) is 62.4 Å². The first kappa shape index (κ1) is 31.6. The molecule has 1 saturated carbocycles. The first-order valence-electron chi connectivity index (χ1n) is 15.5. The van der Waals surface area contributed by atoms with Gasteiger partial charge in [0.05, 0.1) is 24.0 Å². The van der Waals surface area contributed by atoms with Gasteiger partial charge in [-0.05, 0) is 49.4 Å². The van der Waals surface area contributed by atoms with E-state index in [4.69, 9.17) is 4.74 Å². The number of carbonyl (C=O) groups excluding carboxylic acids is 2. The normalized spacial score (nSPS) is 20.6. The molecule has 7 nitrogen and oxygen atoms in total. The van der Waals surface area contributed by atoms with Crippen molar-refractivity contribution in [2.75, 3.05) is 16.4 Å². The predicted molar refractivity (Wildman–Crippen MR) is 161 cm³/mol. The number of hydrogen-bond acceptors (Lipinski definition) is 4. The number of esters is 1. The molecule has 2 fully saturated rings. The molecule has 0 spiro atoms. The molecule has 2 aromatic carbocycles. The van der Waals surface area contributed by atoms with Crippen LogP contribution < -0.4 is 14.4 Å². The molecule has 1 atom stereocenters. The zero-order chi connectivity index (χ0) is 31.3. The highest BCUT2D eigenvalue weighted by molar-refractivity contribution is 6.50. The molecule has 1 saturated heterocycles. The Morgan fingerprint density at radius 2 is 1.66 bits per heavy atom. The number of amides is 1. The minimum Gasteiger partial charge on any atom is -0.458 e. The van der Waals surface area contributed by atoms with Crippen LogP contribution in [0.5, 0.6) is 0 Å². The summed E-state index contributed by atoms with van der Waals surface area (Å²) in [5, 5.41) is 0. The Labute approximate surface area is 255 Å². The number of fused-ring (bicyclic) bond motifs is 3. The fourth-order valence-corrected chi connectivity index (χ4v) is 6.98. The second kappa shape index (κ2) is 13.4. The van der Waals surface area contributed by atoms with Crippen molar-refractivity contribution in [2.24, 2.45) is 7.05 Å². The Kier molecular flexibility index (Phi) is 9.65. The van der Waals surface area contributed by atoms with E-state index in [1.165, 1.54) is 32.1 Å². The van der Waals surface area contributed by atoms with Gasteiger partial charge in [0, 0.05) is 12.5 Å². The third-order valence-corrected chi connectivity index (χ3v) is 8.73. The molecule has 2 aliphatic heterocycles. The molecule has 3 aliphatic rings. The summed E-state index contributed by atoms with van der Waals surface area (Å²) in [4.78, 5) is 31.5. The topological polar surface area (TPSA) is 58.7 Å². The van der Waals surface area contributed by atoms with Gasteiger partial charge in [0.2, 0.25) is 12.2 Å². The highest BCUT2D eigenvalue weighted by atomic mass is 19.5. The van der Waals surface area contributed by atoms with Gasteiger partial charge < -0.3 is 26.9 Å². The standard InChI is InChI=1S/C32H39N4O3.BF4/c1-33-19-20-34(24-33)21-22-39-31(38)25-16-17-28-29(23-25)36-30(37)15-10-18-32(36,26-11-6-5-7-12-26)35(28)27-13-8-3-2-4-9-14-27;2-1(3,4)5/h5-7,11-12,16-17,19-20,23-24,27H,2-4,8-10,13-15,18,21-22H2,1H3;/q+1;-1. The summed E-state index contributed by atoms with van der Waals surface area (Å²) in [5.41, 5.74) is 3.00. The van der Waals surface area contributed by atoms with Crippen LogP contribution in [-0.4, -0.2) is 36.3 Å². The number of aryl methyl sites for hydroxylation is 1. The van der Waals surface area contributed by atoms with Crippen LogP contribution in [0, 0.1) is 0 Å². The summed E-state index contributed by atoms with van der Waals surface area (Å²) in [6, 6.07) is 16.7. The summed E-state index contributed by atoms with van der Waals surface area (Å²) in [5.74, 6) is -0.223. The number of rotatable bonds is 6. The van der Waals surface area contributed by atoms with E-state index in [1.807, 2.05) is 58.0 Å². The van der Waals surface area contributed by atoms with Crippen molar-refractivity contribution in [3.8, 4) is 0 Å². The number of anilines is 2. The van der Waals surface area contributed by atoms with Gasteiger partial charge in [-0.3, -0.25) is 9.69 Å². The Bertz CT molecular complexity index is 1440. The Morgan fingerprint density at radius 1 is 0.977 bits per heavy atom. The number of benzene rings is 2. The SMILES string of the molecule is C[n+]1ccn(CCOC(=O)c2ccc3c(c2)N2C(=O)CCCC2(c2ccccc2)N3C2CCCCCCC2)c1.F[B-](F)(F)F. The quantitative estimate of drug-likeness (QED) is 0.133. The molecular weight excluding hydrogens is 575 g/mol. The maximum Gasteiger partial charge on any atom is 0.673 e. The van der Waals surface area contributed by atoms with E-state index in [2.05, 4.69) is 35.2 Å². The van der Waals surface area contributed by atoms with Crippen molar-refractivity contribution in [1.29, 1.82) is 0 Å². The molecule has 0 bridgehead atoms. The van der Waals surface area contributed by atoms with Gasteiger partial charge in [-0.15, -0.1) is 0 Å². The van der Waals surface area contributed by atoms with Crippen LogP contribution in [0.1, 0.15) is 80.1 Å². The molecule has 44 heavy (non-hydrogen) atoms. The lowest BCUT2D eigenvalue weighted by Crippen LogP contribution is -2.61. The van der Waals surface area contributed by atoms with Crippen molar-refractivity contribution in [1.82, 2.24) is 4.57 Å². The summed E-state index contributed by atoms with van der Waals surface area (Å²) < 4.78 is 48.6. The van der Waals surface area contributed by atoms with Crippen LogP contribution >= 0.6 is 0 Å². The molecule has 236 valence electrons. The number of carbonyl (C=O) groups is 2. The third kappa shape index (κ3) is 6.94. The number of ether oxygens (including phenoxy) is 1. The largest absolute Gasteiger partial charge is 0.673 e. The van der Waals surface area contributed by atoms with E-state index in [0.717, 1.165) is 42.6 Å². The summed E-state index contributed by atoms with van der Waals surface area (Å²) in [7, 11) is -4.04. The summed E-state index contributed by atoms with van der Waals surface area (Å²) >= 11 is 0. The Morgan fingerprint density at radius 3 is 2.32 bits per heavy atom. The Balaban J connectivity index is 0.000000712. The monoisotopic (exact) mass is 614 g/mol. The number of nitrogens with zero attached hydrogens (tertiary/aromatic N) is 4. The van der Waals surface area contributed by atoms with Gasteiger partial charge >= 0.3 is 13.2 Å². The van der Waals surface area contributed by atoms with Gasteiger partial charge in [0.25, 0.3) is 0 Å². The highest BCUT2D eigenvalue weighted by Gasteiger charge is 2.56. The minimum absolute atomic E-state index is 0.130. The molecular formula is C32H39BF4N4O3. The molecule has 0 N–H and O–H groups in total. The van der Waals surface area contributed by atoms with Crippen molar-refractivity contribution in [3.05, 3.63) is 78.4 Å². The molecule has 6 rings (SSSR count). The predicted octanol–water partition coefficient (Wildman–Crippen LogP) is 6.77. The zero-order valence-electron chi connectivity index (χ0n) is 25.0. The minimum atomic E-state index is -6.00. The zero-order valence-corrected chi connectivity index (χ0v) is 25.0. The molecule has 1 aliphatic carbocycles. The number of halogens is 4. The Hall–Kier alpha value is -3.83. The molecule has 3 aromatic rings. The van der Waals surface area contributed by atoms with Gasteiger partial charge in [-0.2, -0.15) is 0 Å². The second-order valence-electron chi connectivity index (χ2n) is 11.8. The first-order chi connectivity index (χ1) is 21.1. The average molecular weight is 614 g/mol.